The molecule has 164 valence electrons. The Balaban J connectivity index is 1.67. The monoisotopic (exact) mass is 424 g/mol. The van der Waals surface area contributed by atoms with Crippen LogP contribution in [0.1, 0.15) is 57.8 Å². The van der Waals surface area contributed by atoms with Gasteiger partial charge in [0.25, 0.3) is 0 Å². The summed E-state index contributed by atoms with van der Waals surface area (Å²) in [7, 11) is 1.41. The maximum atomic E-state index is 11.1. The van der Waals surface area contributed by atoms with E-state index < -0.39 is 18.3 Å². The molecule has 0 heterocycles. The second kappa shape index (κ2) is 13.3. The van der Waals surface area contributed by atoms with Gasteiger partial charge in [0.15, 0.2) is 0 Å². The summed E-state index contributed by atoms with van der Waals surface area (Å²) in [5.74, 6) is 0.625. The summed E-state index contributed by atoms with van der Waals surface area (Å²) in [6.07, 6.45) is 5.61. The van der Waals surface area contributed by atoms with E-state index in [2.05, 4.69) is 4.74 Å². The predicted molar refractivity (Wildman–Crippen MR) is 116 cm³/mol. The van der Waals surface area contributed by atoms with Crippen molar-refractivity contribution >= 4 is 17.7 Å². The van der Waals surface area contributed by atoms with Crippen LogP contribution in [0.3, 0.4) is 0 Å². The standard InChI is InChI=1S/C23H36O5S/c1-28-23(27)12-8-3-2-7-11-19-20(22(26)15-21(19)25)14-13-17(24)16-29-18-9-5-4-6-10-18/h4-6,9-10,17,19-22,24-26H,2-3,7-8,11-16H2,1H3/t17?,19?,20-,21+,22-/m1/s1. The Hall–Kier alpha value is -1.08. The van der Waals surface area contributed by atoms with Gasteiger partial charge in [-0.05, 0) is 56.1 Å². The molecule has 1 fully saturated rings. The molecule has 3 N–H and O–H groups in total. The van der Waals surface area contributed by atoms with E-state index in [0.29, 0.717) is 25.0 Å². The number of esters is 1. The van der Waals surface area contributed by atoms with Crippen LogP contribution in [0.15, 0.2) is 35.2 Å². The third-order valence-electron chi connectivity index (χ3n) is 5.94. The van der Waals surface area contributed by atoms with E-state index in [1.165, 1.54) is 7.11 Å². The summed E-state index contributed by atoms with van der Waals surface area (Å²) in [5.41, 5.74) is 0. The Morgan fingerprint density at radius 3 is 2.41 bits per heavy atom. The Kier molecular flexibility index (Phi) is 11.1. The quantitative estimate of drug-likeness (QED) is 0.254. The second-order valence-electron chi connectivity index (χ2n) is 8.08. The minimum Gasteiger partial charge on any atom is -0.469 e. The molecule has 0 spiro atoms. The molecule has 1 aliphatic rings. The number of carbonyl (C=O) groups is 1. The molecule has 0 aliphatic heterocycles. The minimum absolute atomic E-state index is 0.0523. The van der Waals surface area contributed by atoms with Crippen molar-refractivity contribution in [2.45, 2.75) is 81.0 Å². The van der Waals surface area contributed by atoms with Gasteiger partial charge in [-0.15, -0.1) is 11.8 Å². The highest BCUT2D eigenvalue weighted by Crippen LogP contribution is 2.39. The van der Waals surface area contributed by atoms with Gasteiger partial charge in [-0.2, -0.15) is 0 Å². The molecule has 1 aromatic rings. The number of ether oxygens (including phenoxy) is 1. The smallest absolute Gasteiger partial charge is 0.305 e. The van der Waals surface area contributed by atoms with Gasteiger partial charge in [0.05, 0.1) is 25.4 Å². The van der Waals surface area contributed by atoms with Crippen LogP contribution in [0, 0.1) is 11.8 Å². The lowest BCUT2D eigenvalue weighted by molar-refractivity contribution is -0.140. The number of hydrogen-bond donors (Lipinski definition) is 3. The molecule has 6 heteroatoms. The van der Waals surface area contributed by atoms with Crippen molar-refractivity contribution in [2.24, 2.45) is 11.8 Å². The van der Waals surface area contributed by atoms with Gasteiger partial charge in [0, 0.05) is 17.1 Å². The van der Waals surface area contributed by atoms with Crippen LogP contribution in [0.2, 0.25) is 0 Å². The van der Waals surface area contributed by atoms with Crippen LogP contribution in [-0.4, -0.2) is 52.5 Å². The molecule has 0 radical (unpaired) electrons. The zero-order chi connectivity index (χ0) is 21.1. The summed E-state index contributed by atoms with van der Waals surface area (Å²) in [6, 6.07) is 10.0. The van der Waals surface area contributed by atoms with E-state index in [1.807, 2.05) is 30.3 Å². The van der Waals surface area contributed by atoms with Crippen LogP contribution >= 0.6 is 11.8 Å². The van der Waals surface area contributed by atoms with Gasteiger partial charge in [-0.3, -0.25) is 4.79 Å². The number of hydrogen-bond acceptors (Lipinski definition) is 6. The topological polar surface area (TPSA) is 87.0 Å². The molecule has 0 bridgehead atoms. The largest absolute Gasteiger partial charge is 0.469 e. The lowest BCUT2D eigenvalue weighted by Crippen LogP contribution is -2.24. The molecular formula is C23H36O5S. The third-order valence-corrected chi connectivity index (χ3v) is 7.09. The zero-order valence-corrected chi connectivity index (χ0v) is 18.2. The van der Waals surface area contributed by atoms with Crippen molar-refractivity contribution in [1.82, 2.24) is 0 Å². The summed E-state index contributed by atoms with van der Waals surface area (Å²) in [6.45, 7) is 0. The normalized spacial score (nSPS) is 25.1. The maximum Gasteiger partial charge on any atom is 0.305 e. The molecule has 1 aromatic carbocycles. The van der Waals surface area contributed by atoms with Crippen LogP contribution in [-0.2, 0) is 9.53 Å². The Labute approximate surface area is 178 Å². The van der Waals surface area contributed by atoms with Crippen LogP contribution in [0.5, 0.6) is 0 Å². The van der Waals surface area contributed by atoms with Crippen molar-refractivity contribution in [3.63, 3.8) is 0 Å². The van der Waals surface area contributed by atoms with Gasteiger partial charge in [-0.1, -0.05) is 37.5 Å². The van der Waals surface area contributed by atoms with E-state index in [1.54, 1.807) is 11.8 Å². The number of aliphatic hydroxyl groups is 3. The second-order valence-corrected chi connectivity index (χ2v) is 9.18. The predicted octanol–water partition coefficient (Wildman–Crippen LogP) is 3.79. The highest BCUT2D eigenvalue weighted by atomic mass is 32.2. The number of unbranched alkanes of at least 4 members (excludes halogenated alkanes) is 3. The van der Waals surface area contributed by atoms with E-state index in [0.717, 1.165) is 43.4 Å². The molecule has 1 saturated carbocycles. The van der Waals surface area contributed by atoms with E-state index in [4.69, 9.17) is 0 Å². The summed E-state index contributed by atoms with van der Waals surface area (Å²) in [5, 5.41) is 31.1. The number of aliphatic hydroxyl groups excluding tert-OH is 3. The fourth-order valence-electron chi connectivity index (χ4n) is 4.26. The molecule has 2 unspecified atom stereocenters. The molecule has 5 atom stereocenters. The van der Waals surface area contributed by atoms with Gasteiger partial charge in [0.2, 0.25) is 0 Å². The van der Waals surface area contributed by atoms with Crippen LogP contribution in [0.25, 0.3) is 0 Å². The number of benzene rings is 1. The molecule has 2 rings (SSSR count). The first-order valence-electron chi connectivity index (χ1n) is 10.8. The Morgan fingerprint density at radius 2 is 1.72 bits per heavy atom. The lowest BCUT2D eigenvalue weighted by atomic mass is 9.85. The first-order valence-corrected chi connectivity index (χ1v) is 11.8. The zero-order valence-electron chi connectivity index (χ0n) is 17.4. The minimum atomic E-state index is -0.483. The van der Waals surface area contributed by atoms with E-state index in [9.17, 15) is 20.1 Å². The van der Waals surface area contributed by atoms with Crippen molar-refractivity contribution in [3.05, 3.63) is 30.3 Å². The Bertz CT molecular complexity index is 582. The lowest BCUT2D eigenvalue weighted by Gasteiger charge is -2.24. The molecule has 1 aliphatic carbocycles. The fourth-order valence-corrected chi connectivity index (χ4v) is 5.16. The summed E-state index contributed by atoms with van der Waals surface area (Å²) < 4.78 is 4.64. The van der Waals surface area contributed by atoms with Crippen molar-refractivity contribution in [1.29, 1.82) is 0 Å². The Morgan fingerprint density at radius 1 is 1.07 bits per heavy atom. The van der Waals surface area contributed by atoms with E-state index in [-0.39, 0.29) is 17.8 Å². The number of methoxy groups -OCH3 is 1. The molecule has 29 heavy (non-hydrogen) atoms. The number of carbonyl (C=O) groups excluding carboxylic acids is 1. The molecule has 0 aromatic heterocycles. The highest BCUT2D eigenvalue weighted by Gasteiger charge is 2.40. The molecular weight excluding hydrogens is 388 g/mol. The molecule has 0 amide bonds. The third kappa shape index (κ3) is 8.67. The van der Waals surface area contributed by atoms with E-state index >= 15 is 0 Å². The van der Waals surface area contributed by atoms with Crippen molar-refractivity contribution in [2.75, 3.05) is 12.9 Å². The average molecular weight is 425 g/mol. The van der Waals surface area contributed by atoms with Crippen molar-refractivity contribution in [3.8, 4) is 0 Å². The van der Waals surface area contributed by atoms with Gasteiger partial charge >= 0.3 is 5.97 Å². The van der Waals surface area contributed by atoms with Gasteiger partial charge in [0.1, 0.15) is 0 Å². The first-order chi connectivity index (χ1) is 14.0. The molecule has 0 saturated heterocycles. The van der Waals surface area contributed by atoms with Gasteiger partial charge in [-0.25, -0.2) is 0 Å². The van der Waals surface area contributed by atoms with Gasteiger partial charge < -0.3 is 20.1 Å². The molecule has 5 nitrogen and oxygen atoms in total. The van der Waals surface area contributed by atoms with Crippen molar-refractivity contribution < 1.29 is 24.9 Å². The SMILES string of the molecule is COC(=O)CCCCCCC1[C@@H](CCC(O)CSc2ccccc2)[C@H](O)C[C@@H]1O. The van der Waals surface area contributed by atoms with Crippen LogP contribution in [0.4, 0.5) is 0 Å². The van der Waals surface area contributed by atoms with Crippen LogP contribution < -0.4 is 0 Å². The average Bonchev–Trinajstić information content (AvgIpc) is 3.00. The number of rotatable bonds is 13. The highest BCUT2D eigenvalue weighted by molar-refractivity contribution is 7.99. The maximum absolute atomic E-state index is 11.1. The summed E-state index contributed by atoms with van der Waals surface area (Å²) >= 11 is 1.64. The summed E-state index contributed by atoms with van der Waals surface area (Å²) in [4.78, 5) is 12.3. The first kappa shape index (κ1) is 24.2. The fraction of sp³-hybridized carbons (Fsp3) is 0.696. The number of thioether (sulfide) groups is 1.